The Labute approximate surface area is 117 Å². The Morgan fingerprint density at radius 3 is 2.63 bits per heavy atom. The molecule has 0 aliphatic carbocycles. The summed E-state index contributed by atoms with van der Waals surface area (Å²) in [5, 5.41) is 8.60. The molecule has 2 aromatic rings. The Balaban J connectivity index is 2.20. The largest absolute Gasteiger partial charge is 0.481 e. The van der Waals surface area contributed by atoms with Crippen molar-refractivity contribution in [1.82, 2.24) is 9.97 Å². The minimum Gasteiger partial charge on any atom is -0.481 e. The van der Waals surface area contributed by atoms with Gasteiger partial charge in [-0.1, -0.05) is 15.9 Å². The first-order valence-electron chi connectivity index (χ1n) is 5.86. The summed E-state index contributed by atoms with van der Waals surface area (Å²) in [5.74, 6) is -0.823. The van der Waals surface area contributed by atoms with Crippen LogP contribution in [0.5, 0.6) is 0 Å². The van der Waals surface area contributed by atoms with Crippen LogP contribution in [-0.2, 0) is 4.79 Å². The number of nitrogens with one attached hydrogen (secondary N) is 2. The zero-order valence-electron chi connectivity index (χ0n) is 10.1. The number of nitrogens with two attached hydrogens (primary N) is 1. The van der Waals surface area contributed by atoms with Crippen molar-refractivity contribution in [2.45, 2.75) is 25.3 Å². The SMILES string of the molecule is NC(CCCC(=O)O)c1cc2[nH]c(=O)[nH]c2cc1Br. The number of carbonyl (C=O) groups is 1. The number of aromatic nitrogens is 2. The van der Waals surface area contributed by atoms with Gasteiger partial charge in [-0.3, -0.25) is 4.79 Å². The summed E-state index contributed by atoms with van der Waals surface area (Å²) in [6, 6.07) is 3.33. The number of halogens is 1. The molecule has 0 fully saturated rings. The molecule has 0 spiro atoms. The van der Waals surface area contributed by atoms with E-state index in [-0.39, 0.29) is 18.2 Å². The number of hydrogen-bond acceptors (Lipinski definition) is 3. The lowest BCUT2D eigenvalue weighted by Crippen LogP contribution is -2.11. The van der Waals surface area contributed by atoms with E-state index >= 15 is 0 Å². The van der Waals surface area contributed by atoms with Gasteiger partial charge in [0.2, 0.25) is 0 Å². The summed E-state index contributed by atoms with van der Waals surface area (Å²) in [6.45, 7) is 0. The van der Waals surface area contributed by atoms with Crippen molar-refractivity contribution in [2.75, 3.05) is 0 Å². The van der Waals surface area contributed by atoms with Crippen LogP contribution in [0, 0.1) is 0 Å². The van der Waals surface area contributed by atoms with Crippen molar-refractivity contribution in [1.29, 1.82) is 0 Å². The van der Waals surface area contributed by atoms with Gasteiger partial charge in [-0.25, -0.2) is 4.79 Å². The maximum absolute atomic E-state index is 11.2. The molecule has 1 unspecified atom stereocenters. The number of imidazole rings is 1. The molecular weight excluding hydrogens is 314 g/mol. The van der Waals surface area contributed by atoms with E-state index < -0.39 is 5.97 Å². The second kappa shape index (κ2) is 5.58. The van der Waals surface area contributed by atoms with Crippen LogP contribution >= 0.6 is 15.9 Å². The second-order valence-electron chi connectivity index (χ2n) is 4.39. The molecule has 0 radical (unpaired) electrons. The van der Waals surface area contributed by atoms with Gasteiger partial charge in [-0.15, -0.1) is 0 Å². The second-order valence-corrected chi connectivity index (χ2v) is 5.25. The molecule has 1 aromatic heterocycles. The number of carboxylic acid groups (broad SMARTS) is 1. The van der Waals surface area contributed by atoms with Crippen molar-refractivity contribution in [3.05, 3.63) is 32.7 Å². The highest BCUT2D eigenvalue weighted by molar-refractivity contribution is 9.10. The van der Waals surface area contributed by atoms with Crippen LogP contribution < -0.4 is 11.4 Å². The van der Waals surface area contributed by atoms with Crippen molar-refractivity contribution in [2.24, 2.45) is 5.73 Å². The first kappa shape index (κ1) is 13.8. The number of hydrogen-bond donors (Lipinski definition) is 4. The van der Waals surface area contributed by atoms with Crippen LogP contribution in [0.1, 0.15) is 30.9 Å². The minimum absolute atomic E-state index is 0.106. The fourth-order valence-electron chi connectivity index (χ4n) is 1.99. The lowest BCUT2D eigenvalue weighted by molar-refractivity contribution is -0.137. The fourth-order valence-corrected chi connectivity index (χ4v) is 2.62. The molecule has 19 heavy (non-hydrogen) atoms. The number of aromatic amines is 2. The van der Waals surface area contributed by atoms with E-state index in [1.165, 1.54) is 0 Å². The standard InChI is InChI=1S/C12H14BrN3O3/c13-7-5-10-9(15-12(19)16-10)4-6(7)8(14)2-1-3-11(17)18/h4-5,8H,1-3,14H2,(H,17,18)(H2,15,16,19). The number of aliphatic carboxylic acids is 1. The third-order valence-corrected chi connectivity index (χ3v) is 3.63. The van der Waals surface area contributed by atoms with Crippen molar-refractivity contribution < 1.29 is 9.90 Å². The number of benzene rings is 1. The summed E-state index contributed by atoms with van der Waals surface area (Å²) in [7, 11) is 0. The Bertz CT molecular complexity index is 662. The molecule has 2 rings (SSSR count). The average Bonchev–Trinajstić information content (AvgIpc) is 2.66. The predicted octanol–water partition coefficient (Wildman–Crippen LogP) is 1.87. The summed E-state index contributed by atoms with van der Waals surface area (Å²) in [4.78, 5) is 27.0. The predicted molar refractivity (Wildman–Crippen MR) is 75.0 cm³/mol. The molecule has 1 atom stereocenters. The normalized spacial score (nSPS) is 12.7. The van der Waals surface area contributed by atoms with Crippen molar-refractivity contribution in [3.63, 3.8) is 0 Å². The topological polar surface area (TPSA) is 112 Å². The number of rotatable bonds is 5. The third kappa shape index (κ3) is 3.24. The zero-order chi connectivity index (χ0) is 14.0. The Morgan fingerprint density at radius 1 is 1.37 bits per heavy atom. The summed E-state index contributed by atoms with van der Waals surface area (Å²) < 4.78 is 0.804. The Hall–Kier alpha value is -1.60. The summed E-state index contributed by atoms with van der Waals surface area (Å²) in [5.41, 5.74) is 8.04. The van der Waals surface area contributed by atoms with Crippen molar-refractivity contribution in [3.8, 4) is 0 Å². The molecule has 0 amide bonds. The highest BCUT2D eigenvalue weighted by Gasteiger charge is 2.13. The van der Waals surface area contributed by atoms with Gasteiger partial charge in [0.1, 0.15) is 0 Å². The van der Waals surface area contributed by atoms with Gasteiger partial charge in [0, 0.05) is 16.9 Å². The smallest absolute Gasteiger partial charge is 0.323 e. The molecule has 0 saturated heterocycles. The van der Waals surface area contributed by atoms with Crippen LogP contribution in [0.4, 0.5) is 0 Å². The van der Waals surface area contributed by atoms with Crippen LogP contribution in [0.15, 0.2) is 21.4 Å². The van der Waals surface area contributed by atoms with Crippen LogP contribution in [-0.4, -0.2) is 21.0 Å². The van der Waals surface area contributed by atoms with Gasteiger partial charge >= 0.3 is 11.7 Å². The molecule has 0 saturated carbocycles. The van der Waals surface area contributed by atoms with E-state index in [2.05, 4.69) is 25.9 Å². The Kier molecular flexibility index (Phi) is 4.06. The quantitative estimate of drug-likeness (QED) is 0.671. The molecular formula is C12H14BrN3O3. The first-order chi connectivity index (χ1) is 8.97. The molecule has 0 bridgehead atoms. The average molecular weight is 328 g/mol. The van der Waals surface area contributed by atoms with E-state index in [0.717, 1.165) is 10.0 Å². The third-order valence-electron chi connectivity index (χ3n) is 2.94. The fraction of sp³-hybridized carbons (Fsp3) is 0.333. The molecule has 7 heteroatoms. The highest BCUT2D eigenvalue weighted by atomic mass is 79.9. The van der Waals surface area contributed by atoms with Crippen LogP contribution in [0.25, 0.3) is 11.0 Å². The van der Waals surface area contributed by atoms with E-state index in [9.17, 15) is 9.59 Å². The molecule has 1 heterocycles. The van der Waals surface area contributed by atoms with Crippen molar-refractivity contribution >= 4 is 32.9 Å². The Morgan fingerprint density at radius 2 is 2.00 bits per heavy atom. The molecule has 102 valence electrons. The van der Waals surface area contributed by atoms with Crippen LogP contribution in [0.2, 0.25) is 0 Å². The summed E-state index contributed by atoms with van der Waals surface area (Å²) >= 11 is 3.42. The number of carboxylic acids is 1. The molecule has 5 N–H and O–H groups in total. The molecule has 0 aliphatic heterocycles. The maximum atomic E-state index is 11.2. The molecule has 6 nitrogen and oxygen atoms in total. The van der Waals surface area contributed by atoms with Gasteiger partial charge in [0.25, 0.3) is 0 Å². The van der Waals surface area contributed by atoms with Gasteiger partial charge in [-0.2, -0.15) is 0 Å². The van der Waals surface area contributed by atoms with Gasteiger partial charge in [-0.05, 0) is 30.5 Å². The van der Waals surface area contributed by atoms with Crippen LogP contribution in [0.3, 0.4) is 0 Å². The van der Waals surface area contributed by atoms with E-state index in [4.69, 9.17) is 10.8 Å². The summed E-state index contributed by atoms with van der Waals surface area (Å²) in [6.07, 6.45) is 1.20. The molecule has 1 aromatic carbocycles. The number of fused-ring (bicyclic) bond motifs is 1. The zero-order valence-corrected chi connectivity index (χ0v) is 11.7. The van der Waals surface area contributed by atoms with Gasteiger partial charge < -0.3 is 20.8 Å². The first-order valence-corrected chi connectivity index (χ1v) is 6.65. The maximum Gasteiger partial charge on any atom is 0.323 e. The van der Waals surface area contributed by atoms with E-state index in [1.54, 1.807) is 6.07 Å². The minimum atomic E-state index is -0.823. The monoisotopic (exact) mass is 327 g/mol. The molecule has 0 aliphatic rings. The van der Waals surface area contributed by atoms with E-state index in [0.29, 0.717) is 23.9 Å². The lowest BCUT2D eigenvalue weighted by atomic mass is 10.0. The van der Waals surface area contributed by atoms with Gasteiger partial charge in [0.05, 0.1) is 11.0 Å². The lowest BCUT2D eigenvalue weighted by Gasteiger charge is -2.13. The van der Waals surface area contributed by atoms with Gasteiger partial charge in [0.15, 0.2) is 0 Å². The number of H-pyrrole nitrogens is 2. The highest BCUT2D eigenvalue weighted by Crippen LogP contribution is 2.28. The van der Waals surface area contributed by atoms with E-state index in [1.807, 2.05) is 6.07 Å².